The maximum Gasteiger partial charge on any atom is 0.276 e. The molecule has 0 spiro atoms. The van der Waals surface area contributed by atoms with E-state index in [9.17, 15) is 13.2 Å². The number of sulfone groups is 1. The van der Waals surface area contributed by atoms with Gasteiger partial charge in [-0.2, -0.15) is 0 Å². The van der Waals surface area contributed by atoms with Crippen molar-refractivity contribution in [2.45, 2.75) is 32.4 Å². The van der Waals surface area contributed by atoms with E-state index in [0.717, 1.165) is 23.3 Å². The molecule has 1 aliphatic heterocycles. The van der Waals surface area contributed by atoms with Crippen LogP contribution in [0.2, 0.25) is 5.02 Å². The van der Waals surface area contributed by atoms with Crippen LogP contribution >= 0.6 is 11.6 Å². The first-order valence-corrected chi connectivity index (χ1v) is 13.0. The smallest absolute Gasteiger partial charge is 0.276 e. The molecule has 1 aromatic heterocycles. The highest BCUT2D eigenvalue weighted by molar-refractivity contribution is 7.91. The fraction of sp³-hybridized carbons (Fsp3) is 0.333. The zero-order chi connectivity index (χ0) is 23.4. The molecule has 1 amide bonds. The van der Waals surface area contributed by atoms with Gasteiger partial charge in [-0.05, 0) is 54.8 Å². The van der Waals surface area contributed by atoms with Crippen LogP contribution in [0.4, 0.5) is 0 Å². The van der Waals surface area contributed by atoms with E-state index < -0.39 is 15.9 Å². The third-order valence-electron chi connectivity index (χ3n) is 5.52. The first-order chi connectivity index (χ1) is 15.8. The number of benzene rings is 2. The van der Waals surface area contributed by atoms with Gasteiger partial charge >= 0.3 is 0 Å². The highest BCUT2D eigenvalue weighted by Crippen LogP contribution is 2.26. The Bertz CT molecular complexity index is 1210. The van der Waals surface area contributed by atoms with E-state index in [0.29, 0.717) is 23.8 Å². The van der Waals surface area contributed by atoms with Gasteiger partial charge in [0.25, 0.3) is 5.91 Å². The Kier molecular flexibility index (Phi) is 7.05. The first kappa shape index (κ1) is 23.3. The Morgan fingerprint density at radius 2 is 1.91 bits per heavy atom. The average Bonchev–Trinajstić information content (AvgIpc) is 3.43. The summed E-state index contributed by atoms with van der Waals surface area (Å²) < 4.78 is 35.3. The maximum atomic E-state index is 13.4. The van der Waals surface area contributed by atoms with Crippen molar-refractivity contribution < 1.29 is 22.5 Å². The fourth-order valence-electron chi connectivity index (χ4n) is 3.77. The molecule has 7 nitrogen and oxygen atoms in total. The van der Waals surface area contributed by atoms with E-state index in [1.165, 1.54) is 0 Å². The van der Waals surface area contributed by atoms with Crippen molar-refractivity contribution in [2.75, 3.05) is 18.1 Å². The van der Waals surface area contributed by atoms with E-state index in [1.807, 2.05) is 31.2 Å². The predicted octanol–water partition coefficient (Wildman–Crippen LogP) is 4.61. The molecule has 1 saturated heterocycles. The molecule has 3 aromatic rings. The standard InChI is InChI=1S/C24H25ClN2O5S/c1-2-12-31-21-9-3-17(4-10-21)15-27(20-11-13-33(29,30)16-20)24(28)22-14-23(32-26-22)18-5-7-19(25)8-6-18/h3-10,14,20H,2,11-13,15-16H2,1H3/t20-/m1/s1. The van der Waals surface area contributed by atoms with Crippen LogP contribution in [0.15, 0.2) is 59.1 Å². The monoisotopic (exact) mass is 488 g/mol. The molecular formula is C24H25ClN2O5S. The van der Waals surface area contributed by atoms with Crippen molar-refractivity contribution in [3.05, 3.63) is 70.9 Å². The van der Waals surface area contributed by atoms with Gasteiger partial charge < -0.3 is 14.2 Å². The van der Waals surface area contributed by atoms with Crippen LogP contribution < -0.4 is 4.74 Å². The predicted molar refractivity (Wildman–Crippen MR) is 126 cm³/mol. The number of halogens is 1. The fourth-order valence-corrected chi connectivity index (χ4v) is 5.63. The Balaban J connectivity index is 1.57. The summed E-state index contributed by atoms with van der Waals surface area (Å²) in [4.78, 5) is 15.0. The maximum absolute atomic E-state index is 13.4. The zero-order valence-corrected chi connectivity index (χ0v) is 19.8. The van der Waals surface area contributed by atoms with E-state index in [2.05, 4.69) is 5.16 Å². The lowest BCUT2D eigenvalue weighted by Gasteiger charge is -2.27. The molecule has 2 aromatic carbocycles. The minimum atomic E-state index is -3.18. The lowest BCUT2D eigenvalue weighted by Crippen LogP contribution is -2.40. The second-order valence-corrected chi connectivity index (χ2v) is 10.7. The van der Waals surface area contributed by atoms with Gasteiger partial charge in [-0.1, -0.05) is 35.8 Å². The molecule has 1 aliphatic rings. The molecule has 0 unspecified atom stereocenters. The minimum absolute atomic E-state index is 0.0572. The number of amides is 1. The van der Waals surface area contributed by atoms with E-state index >= 15 is 0 Å². The number of hydrogen-bond donors (Lipinski definition) is 0. The average molecular weight is 489 g/mol. The van der Waals surface area contributed by atoms with Gasteiger partial charge in [0, 0.05) is 29.2 Å². The van der Waals surface area contributed by atoms with E-state index in [4.69, 9.17) is 20.9 Å². The largest absolute Gasteiger partial charge is 0.494 e. The zero-order valence-electron chi connectivity index (χ0n) is 18.2. The van der Waals surface area contributed by atoms with Crippen LogP contribution in [0, 0.1) is 0 Å². The van der Waals surface area contributed by atoms with Crippen molar-refractivity contribution in [1.29, 1.82) is 0 Å². The lowest BCUT2D eigenvalue weighted by atomic mass is 10.1. The molecule has 0 N–H and O–H groups in total. The highest BCUT2D eigenvalue weighted by Gasteiger charge is 2.36. The van der Waals surface area contributed by atoms with Gasteiger partial charge in [0.05, 0.1) is 18.1 Å². The number of rotatable bonds is 8. The van der Waals surface area contributed by atoms with Crippen molar-refractivity contribution in [3.8, 4) is 17.1 Å². The Hall–Kier alpha value is -2.84. The summed E-state index contributed by atoms with van der Waals surface area (Å²) in [5.74, 6) is 0.836. The van der Waals surface area contributed by atoms with Gasteiger partial charge in [-0.15, -0.1) is 0 Å². The molecule has 0 radical (unpaired) electrons. The molecule has 1 atom stereocenters. The summed E-state index contributed by atoms with van der Waals surface area (Å²) in [5.41, 5.74) is 1.74. The number of hydrogen-bond acceptors (Lipinski definition) is 6. The van der Waals surface area contributed by atoms with Crippen molar-refractivity contribution in [1.82, 2.24) is 10.1 Å². The third-order valence-corrected chi connectivity index (χ3v) is 7.52. The Morgan fingerprint density at radius 3 is 2.55 bits per heavy atom. The number of ether oxygens (including phenoxy) is 1. The Morgan fingerprint density at radius 1 is 1.18 bits per heavy atom. The van der Waals surface area contributed by atoms with E-state index in [-0.39, 0.29) is 29.7 Å². The SMILES string of the molecule is CCCOc1ccc(CN(C(=O)c2cc(-c3ccc(Cl)cc3)on2)[C@@H]2CCS(=O)(=O)C2)cc1. The quantitative estimate of drug-likeness (QED) is 0.460. The van der Waals surface area contributed by atoms with Crippen molar-refractivity contribution >= 4 is 27.3 Å². The number of nitrogens with zero attached hydrogens (tertiary/aromatic N) is 2. The molecule has 4 rings (SSSR count). The lowest BCUT2D eigenvalue weighted by molar-refractivity contribution is 0.0670. The molecule has 0 aliphatic carbocycles. The summed E-state index contributed by atoms with van der Waals surface area (Å²) in [7, 11) is -3.18. The first-order valence-electron chi connectivity index (χ1n) is 10.8. The third kappa shape index (κ3) is 5.75. The van der Waals surface area contributed by atoms with Crippen LogP contribution in [0.5, 0.6) is 5.75 Å². The van der Waals surface area contributed by atoms with Crippen LogP contribution in [0.25, 0.3) is 11.3 Å². The van der Waals surface area contributed by atoms with Gasteiger partial charge in [-0.3, -0.25) is 4.79 Å². The molecule has 33 heavy (non-hydrogen) atoms. The van der Waals surface area contributed by atoms with Crippen molar-refractivity contribution in [2.24, 2.45) is 0 Å². The van der Waals surface area contributed by atoms with Gasteiger partial charge in [-0.25, -0.2) is 8.42 Å². The summed E-state index contributed by atoms with van der Waals surface area (Å²) in [6, 6.07) is 15.6. The summed E-state index contributed by atoms with van der Waals surface area (Å²) >= 11 is 5.94. The van der Waals surface area contributed by atoms with Crippen LogP contribution in [0.3, 0.4) is 0 Å². The normalized spacial score (nSPS) is 17.1. The van der Waals surface area contributed by atoms with Crippen LogP contribution in [0.1, 0.15) is 35.8 Å². The van der Waals surface area contributed by atoms with Gasteiger partial charge in [0.15, 0.2) is 21.3 Å². The number of carbonyl (C=O) groups excluding carboxylic acids is 1. The van der Waals surface area contributed by atoms with Gasteiger partial charge in [0.1, 0.15) is 5.75 Å². The van der Waals surface area contributed by atoms with Crippen molar-refractivity contribution in [3.63, 3.8) is 0 Å². The molecule has 0 saturated carbocycles. The number of carbonyl (C=O) groups is 1. The summed E-state index contributed by atoms with van der Waals surface area (Å²) in [6.07, 6.45) is 1.31. The number of aromatic nitrogens is 1. The molecule has 1 fully saturated rings. The molecular weight excluding hydrogens is 464 g/mol. The van der Waals surface area contributed by atoms with Gasteiger partial charge in [0.2, 0.25) is 0 Å². The second-order valence-electron chi connectivity index (χ2n) is 8.07. The van der Waals surface area contributed by atoms with E-state index in [1.54, 1.807) is 35.2 Å². The summed E-state index contributed by atoms with van der Waals surface area (Å²) in [6.45, 7) is 2.93. The van der Waals surface area contributed by atoms with Crippen LogP contribution in [-0.4, -0.2) is 48.5 Å². The molecule has 0 bridgehead atoms. The highest BCUT2D eigenvalue weighted by atomic mass is 35.5. The molecule has 174 valence electrons. The molecule has 9 heteroatoms. The Labute approximate surface area is 198 Å². The topological polar surface area (TPSA) is 89.7 Å². The summed E-state index contributed by atoms with van der Waals surface area (Å²) in [5, 5.41) is 4.56. The second kappa shape index (κ2) is 9.97. The molecule has 2 heterocycles. The van der Waals surface area contributed by atoms with Crippen LogP contribution in [-0.2, 0) is 16.4 Å². The minimum Gasteiger partial charge on any atom is -0.494 e.